The quantitative estimate of drug-likeness (QED) is 0.789. The lowest BCUT2D eigenvalue weighted by molar-refractivity contribution is -0.125. The van der Waals surface area contributed by atoms with E-state index >= 15 is 0 Å². The maximum atomic E-state index is 12.5. The minimum Gasteiger partial charge on any atom is -0.352 e. The van der Waals surface area contributed by atoms with Gasteiger partial charge in [0.25, 0.3) is 0 Å². The van der Waals surface area contributed by atoms with Crippen molar-refractivity contribution >= 4 is 21.8 Å². The van der Waals surface area contributed by atoms with E-state index in [1.807, 2.05) is 12.1 Å². The number of carbonyl (C=O) groups excluding carboxylic acids is 1. The van der Waals surface area contributed by atoms with E-state index in [2.05, 4.69) is 63.8 Å². The minimum atomic E-state index is 0.00962. The summed E-state index contributed by atoms with van der Waals surface area (Å²) in [6, 6.07) is 14.7. The minimum absolute atomic E-state index is 0.00962. The third kappa shape index (κ3) is 4.25. The molecule has 0 saturated carbocycles. The molecule has 1 aliphatic heterocycles. The van der Waals surface area contributed by atoms with Crippen molar-refractivity contribution in [2.75, 3.05) is 0 Å². The normalized spacial score (nSPS) is 14.2. The summed E-state index contributed by atoms with van der Waals surface area (Å²) in [5, 5.41) is 6.45. The first-order valence-corrected chi connectivity index (χ1v) is 9.28. The molecule has 0 bridgehead atoms. The van der Waals surface area contributed by atoms with E-state index in [0.29, 0.717) is 6.54 Å². The van der Waals surface area contributed by atoms with Crippen LogP contribution in [0.1, 0.15) is 35.6 Å². The van der Waals surface area contributed by atoms with Crippen LogP contribution in [0.15, 0.2) is 46.9 Å². The topological polar surface area (TPSA) is 41.1 Å². The molecule has 0 aromatic heterocycles. The van der Waals surface area contributed by atoms with Crippen LogP contribution in [-0.2, 0) is 30.8 Å². The van der Waals surface area contributed by atoms with E-state index in [9.17, 15) is 4.79 Å². The second-order valence-corrected chi connectivity index (χ2v) is 7.28. The number of hydrogen-bond acceptors (Lipinski definition) is 2. The Hall–Kier alpha value is -1.65. The highest BCUT2D eigenvalue weighted by Gasteiger charge is 2.17. The molecule has 0 spiro atoms. The zero-order valence-electron chi connectivity index (χ0n) is 13.9. The van der Waals surface area contributed by atoms with Crippen molar-refractivity contribution in [2.24, 2.45) is 5.92 Å². The third-order valence-electron chi connectivity index (χ3n) is 4.60. The van der Waals surface area contributed by atoms with E-state index < -0.39 is 0 Å². The van der Waals surface area contributed by atoms with Gasteiger partial charge in [-0.15, -0.1) is 0 Å². The number of halogens is 1. The smallest absolute Gasteiger partial charge is 0.223 e. The van der Waals surface area contributed by atoms with Gasteiger partial charge in [0.1, 0.15) is 0 Å². The van der Waals surface area contributed by atoms with E-state index in [0.717, 1.165) is 30.4 Å². The lowest BCUT2D eigenvalue weighted by atomic mass is 9.96. The predicted molar refractivity (Wildman–Crippen MR) is 100 cm³/mol. The largest absolute Gasteiger partial charge is 0.352 e. The summed E-state index contributed by atoms with van der Waals surface area (Å²) in [5.74, 6) is 0.145. The highest BCUT2D eigenvalue weighted by atomic mass is 79.9. The van der Waals surface area contributed by atoms with Crippen molar-refractivity contribution in [1.29, 1.82) is 0 Å². The first-order valence-electron chi connectivity index (χ1n) is 8.49. The van der Waals surface area contributed by atoms with Gasteiger partial charge >= 0.3 is 0 Å². The number of carbonyl (C=O) groups is 1. The number of hydrogen-bond donors (Lipinski definition) is 2. The molecule has 1 aliphatic rings. The Labute approximate surface area is 152 Å². The summed E-state index contributed by atoms with van der Waals surface area (Å²) in [6.45, 7) is 4.55. The van der Waals surface area contributed by atoms with Gasteiger partial charge in [-0.1, -0.05) is 53.2 Å². The van der Waals surface area contributed by atoms with E-state index in [4.69, 9.17) is 0 Å². The molecule has 3 rings (SSSR count). The zero-order valence-corrected chi connectivity index (χ0v) is 15.5. The number of amides is 1. The Balaban J connectivity index is 1.58. The summed E-state index contributed by atoms with van der Waals surface area (Å²) in [6.07, 6.45) is 1.61. The summed E-state index contributed by atoms with van der Waals surface area (Å²) in [4.78, 5) is 12.5. The van der Waals surface area contributed by atoms with Gasteiger partial charge in [-0.05, 0) is 47.2 Å². The molecular weight excluding hydrogens is 364 g/mol. The maximum Gasteiger partial charge on any atom is 0.223 e. The molecule has 4 heteroatoms. The molecular formula is C20H23BrN2O. The van der Waals surface area contributed by atoms with Crippen LogP contribution in [0.2, 0.25) is 0 Å². The van der Waals surface area contributed by atoms with Crippen LogP contribution in [0.3, 0.4) is 0 Å². The molecule has 1 atom stereocenters. The Bertz CT molecular complexity index is 729. The lowest BCUT2D eigenvalue weighted by Gasteiger charge is -2.15. The second kappa shape index (κ2) is 7.95. The summed E-state index contributed by atoms with van der Waals surface area (Å²) < 4.78 is 1.06. The van der Waals surface area contributed by atoms with E-state index in [1.165, 1.54) is 22.3 Å². The van der Waals surface area contributed by atoms with Crippen LogP contribution in [0.5, 0.6) is 0 Å². The number of fused-ring (bicyclic) bond motifs is 1. The highest BCUT2D eigenvalue weighted by molar-refractivity contribution is 9.10. The average molecular weight is 387 g/mol. The van der Waals surface area contributed by atoms with Crippen molar-refractivity contribution in [3.63, 3.8) is 0 Å². The van der Waals surface area contributed by atoms with Crippen molar-refractivity contribution in [2.45, 2.75) is 39.4 Å². The van der Waals surface area contributed by atoms with E-state index in [1.54, 1.807) is 0 Å². The van der Waals surface area contributed by atoms with Gasteiger partial charge in [0.2, 0.25) is 5.91 Å². The molecule has 0 fully saturated rings. The SMILES string of the molecule is CCC(Cc1cccc(Br)c1)C(=O)NCc1ccc2c(c1)CNC2. The molecule has 2 aromatic rings. The van der Waals surface area contributed by atoms with Gasteiger partial charge in [0.05, 0.1) is 0 Å². The number of benzene rings is 2. The molecule has 0 aliphatic carbocycles. The van der Waals surface area contributed by atoms with Crippen molar-refractivity contribution in [3.8, 4) is 0 Å². The lowest BCUT2D eigenvalue weighted by Crippen LogP contribution is -2.31. The molecule has 0 radical (unpaired) electrons. The predicted octanol–water partition coefficient (Wildman–Crippen LogP) is 3.94. The summed E-state index contributed by atoms with van der Waals surface area (Å²) in [5.41, 5.74) is 5.08. The van der Waals surface area contributed by atoms with E-state index in [-0.39, 0.29) is 11.8 Å². The fourth-order valence-electron chi connectivity index (χ4n) is 3.16. The van der Waals surface area contributed by atoms with Crippen molar-refractivity contribution < 1.29 is 4.79 Å². The maximum absolute atomic E-state index is 12.5. The van der Waals surface area contributed by atoms with Crippen LogP contribution in [0.4, 0.5) is 0 Å². The molecule has 1 heterocycles. The molecule has 0 saturated heterocycles. The van der Waals surface area contributed by atoms with Crippen LogP contribution in [-0.4, -0.2) is 5.91 Å². The molecule has 2 aromatic carbocycles. The van der Waals surface area contributed by atoms with Crippen LogP contribution in [0, 0.1) is 5.92 Å². The van der Waals surface area contributed by atoms with Gasteiger partial charge < -0.3 is 10.6 Å². The highest BCUT2D eigenvalue weighted by Crippen LogP contribution is 2.19. The van der Waals surface area contributed by atoms with Gasteiger partial charge in [-0.2, -0.15) is 0 Å². The fourth-order valence-corrected chi connectivity index (χ4v) is 3.61. The average Bonchev–Trinajstić information content (AvgIpc) is 3.05. The van der Waals surface area contributed by atoms with Crippen molar-refractivity contribution in [1.82, 2.24) is 10.6 Å². The first kappa shape index (κ1) is 17.2. The van der Waals surface area contributed by atoms with Gasteiger partial charge in [0, 0.05) is 30.0 Å². The number of rotatable bonds is 6. The van der Waals surface area contributed by atoms with Gasteiger partial charge in [-0.25, -0.2) is 0 Å². The monoisotopic (exact) mass is 386 g/mol. The molecule has 1 unspecified atom stereocenters. The Morgan fingerprint density at radius 2 is 2.00 bits per heavy atom. The molecule has 2 N–H and O–H groups in total. The van der Waals surface area contributed by atoms with Gasteiger partial charge in [0.15, 0.2) is 0 Å². The number of nitrogens with one attached hydrogen (secondary N) is 2. The van der Waals surface area contributed by atoms with Crippen LogP contribution in [0.25, 0.3) is 0 Å². The fraction of sp³-hybridized carbons (Fsp3) is 0.350. The van der Waals surface area contributed by atoms with Crippen LogP contribution >= 0.6 is 15.9 Å². The zero-order chi connectivity index (χ0) is 16.9. The third-order valence-corrected chi connectivity index (χ3v) is 5.10. The summed E-state index contributed by atoms with van der Waals surface area (Å²) in [7, 11) is 0. The molecule has 3 nitrogen and oxygen atoms in total. The Morgan fingerprint density at radius 1 is 1.17 bits per heavy atom. The molecule has 1 amide bonds. The standard InChI is InChI=1S/C20H23BrN2O/c1-2-16(8-14-4-3-5-19(21)10-14)20(24)23-11-15-6-7-17-12-22-13-18(17)9-15/h3-7,9-10,16,22H,2,8,11-13H2,1H3,(H,23,24). The summed E-state index contributed by atoms with van der Waals surface area (Å²) >= 11 is 3.49. The first-order chi connectivity index (χ1) is 11.7. The van der Waals surface area contributed by atoms with Gasteiger partial charge in [-0.3, -0.25) is 4.79 Å². The van der Waals surface area contributed by atoms with Crippen molar-refractivity contribution in [3.05, 3.63) is 69.2 Å². The molecule has 24 heavy (non-hydrogen) atoms. The molecule has 126 valence electrons. The Kier molecular flexibility index (Phi) is 5.69. The Morgan fingerprint density at radius 3 is 2.79 bits per heavy atom. The second-order valence-electron chi connectivity index (χ2n) is 6.36. The van der Waals surface area contributed by atoms with Crippen LogP contribution < -0.4 is 10.6 Å².